The molecule has 0 aliphatic heterocycles. The predicted molar refractivity (Wildman–Crippen MR) is 92.4 cm³/mol. The molecule has 4 nitrogen and oxygen atoms in total. The molecule has 0 radical (unpaired) electrons. The standard InChI is InChI=1S/C19H24N2O2/c1-21(2)18(16-9-5-3-6-10-16)15-20-19(22)13-14-23-17-11-7-4-8-12-17/h3-12,18H,13-15H2,1-2H3,(H,20,22). The maximum atomic E-state index is 12.0. The summed E-state index contributed by atoms with van der Waals surface area (Å²) in [6, 6.07) is 19.9. The number of hydrogen-bond donors (Lipinski definition) is 1. The highest BCUT2D eigenvalue weighted by Crippen LogP contribution is 2.16. The molecule has 0 aromatic heterocycles. The average Bonchev–Trinajstić information content (AvgIpc) is 2.57. The van der Waals surface area contributed by atoms with Crippen LogP contribution < -0.4 is 10.1 Å². The highest BCUT2D eigenvalue weighted by atomic mass is 16.5. The van der Waals surface area contributed by atoms with Gasteiger partial charge < -0.3 is 15.0 Å². The Hall–Kier alpha value is -2.33. The molecule has 2 rings (SSSR count). The zero-order valence-corrected chi connectivity index (χ0v) is 13.7. The number of hydrogen-bond acceptors (Lipinski definition) is 3. The van der Waals surface area contributed by atoms with Gasteiger partial charge in [0, 0.05) is 6.54 Å². The third-order valence-corrected chi connectivity index (χ3v) is 3.64. The molecule has 122 valence electrons. The van der Waals surface area contributed by atoms with E-state index < -0.39 is 0 Å². The van der Waals surface area contributed by atoms with Crippen LogP contribution in [-0.2, 0) is 4.79 Å². The van der Waals surface area contributed by atoms with E-state index in [0.29, 0.717) is 19.6 Å². The summed E-state index contributed by atoms with van der Waals surface area (Å²) in [5.41, 5.74) is 1.19. The number of nitrogens with one attached hydrogen (secondary N) is 1. The first-order valence-corrected chi connectivity index (χ1v) is 7.82. The van der Waals surface area contributed by atoms with Crippen molar-refractivity contribution in [1.82, 2.24) is 10.2 Å². The second-order valence-corrected chi connectivity index (χ2v) is 5.61. The van der Waals surface area contributed by atoms with Gasteiger partial charge in [0.15, 0.2) is 0 Å². The molecule has 0 spiro atoms. The van der Waals surface area contributed by atoms with Crippen molar-refractivity contribution < 1.29 is 9.53 Å². The summed E-state index contributed by atoms with van der Waals surface area (Å²) in [5, 5.41) is 2.99. The minimum Gasteiger partial charge on any atom is -0.493 e. The fraction of sp³-hybridized carbons (Fsp3) is 0.316. The molecule has 0 saturated carbocycles. The topological polar surface area (TPSA) is 41.6 Å². The summed E-state index contributed by atoms with van der Waals surface area (Å²) < 4.78 is 5.54. The van der Waals surface area contributed by atoms with Gasteiger partial charge in [0.2, 0.25) is 5.91 Å². The molecule has 1 amide bonds. The largest absolute Gasteiger partial charge is 0.493 e. The third-order valence-electron chi connectivity index (χ3n) is 3.64. The molecular formula is C19H24N2O2. The number of likely N-dealkylation sites (N-methyl/N-ethyl adjacent to an activating group) is 1. The number of nitrogens with zero attached hydrogens (tertiary/aromatic N) is 1. The molecule has 0 saturated heterocycles. The molecule has 23 heavy (non-hydrogen) atoms. The van der Waals surface area contributed by atoms with Gasteiger partial charge in [-0.15, -0.1) is 0 Å². The minimum absolute atomic E-state index is 0.00344. The van der Waals surface area contributed by atoms with Crippen molar-refractivity contribution in [3.05, 3.63) is 66.2 Å². The Morgan fingerprint density at radius 3 is 2.26 bits per heavy atom. The summed E-state index contributed by atoms with van der Waals surface area (Å²) >= 11 is 0. The van der Waals surface area contributed by atoms with Crippen LogP contribution in [0.5, 0.6) is 5.75 Å². The van der Waals surface area contributed by atoms with Crippen LogP contribution in [0.4, 0.5) is 0 Å². The van der Waals surface area contributed by atoms with Gasteiger partial charge >= 0.3 is 0 Å². The number of amides is 1. The highest BCUT2D eigenvalue weighted by Gasteiger charge is 2.14. The van der Waals surface area contributed by atoms with Crippen molar-refractivity contribution in [2.75, 3.05) is 27.2 Å². The number of carbonyl (C=O) groups is 1. The molecule has 0 heterocycles. The van der Waals surface area contributed by atoms with Crippen LogP contribution in [0.1, 0.15) is 18.0 Å². The van der Waals surface area contributed by atoms with Gasteiger partial charge in [0.1, 0.15) is 5.75 Å². The molecule has 1 N–H and O–H groups in total. The number of rotatable bonds is 8. The van der Waals surface area contributed by atoms with Crippen LogP contribution in [-0.4, -0.2) is 38.1 Å². The van der Waals surface area contributed by atoms with Crippen molar-refractivity contribution in [1.29, 1.82) is 0 Å². The molecule has 2 aromatic carbocycles. The Morgan fingerprint density at radius 2 is 1.65 bits per heavy atom. The molecule has 0 fully saturated rings. The maximum absolute atomic E-state index is 12.0. The SMILES string of the molecule is CN(C)C(CNC(=O)CCOc1ccccc1)c1ccccc1. The van der Waals surface area contributed by atoms with E-state index in [9.17, 15) is 4.79 Å². The molecular weight excluding hydrogens is 288 g/mol. The first kappa shape index (κ1) is 17.0. The van der Waals surface area contributed by atoms with Crippen molar-refractivity contribution in [3.8, 4) is 5.75 Å². The lowest BCUT2D eigenvalue weighted by Crippen LogP contribution is -2.35. The van der Waals surface area contributed by atoms with Gasteiger partial charge in [-0.3, -0.25) is 4.79 Å². The van der Waals surface area contributed by atoms with E-state index >= 15 is 0 Å². The molecule has 0 aliphatic carbocycles. The van der Waals surface area contributed by atoms with E-state index in [1.807, 2.05) is 62.6 Å². The zero-order chi connectivity index (χ0) is 16.5. The lowest BCUT2D eigenvalue weighted by molar-refractivity contribution is -0.121. The first-order valence-electron chi connectivity index (χ1n) is 7.82. The van der Waals surface area contributed by atoms with Crippen LogP contribution >= 0.6 is 0 Å². The number of benzene rings is 2. The second-order valence-electron chi connectivity index (χ2n) is 5.61. The van der Waals surface area contributed by atoms with Crippen molar-refractivity contribution in [2.45, 2.75) is 12.5 Å². The van der Waals surface area contributed by atoms with Crippen LogP contribution in [0.25, 0.3) is 0 Å². The van der Waals surface area contributed by atoms with Crippen molar-refractivity contribution >= 4 is 5.91 Å². The van der Waals surface area contributed by atoms with Gasteiger partial charge in [-0.1, -0.05) is 48.5 Å². The third kappa shape index (κ3) is 5.75. The van der Waals surface area contributed by atoms with E-state index in [-0.39, 0.29) is 11.9 Å². The summed E-state index contributed by atoms with van der Waals surface area (Å²) in [6.45, 7) is 0.967. The van der Waals surface area contributed by atoms with E-state index in [2.05, 4.69) is 22.3 Å². The monoisotopic (exact) mass is 312 g/mol. The zero-order valence-electron chi connectivity index (χ0n) is 13.7. The quantitative estimate of drug-likeness (QED) is 0.815. The molecule has 4 heteroatoms. The van der Waals surface area contributed by atoms with E-state index in [1.165, 1.54) is 5.56 Å². The van der Waals surface area contributed by atoms with E-state index in [4.69, 9.17) is 4.74 Å². The molecule has 0 bridgehead atoms. The van der Waals surface area contributed by atoms with Gasteiger partial charge in [-0.25, -0.2) is 0 Å². The van der Waals surface area contributed by atoms with Crippen molar-refractivity contribution in [3.63, 3.8) is 0 Å². The summed E-state index contributed by atoms with van der Waals surface area (Å²) in [5.74, 6) is 0.791. The maximum Gasteiger partial charge on any atom is 0.223 e. The van der Waals surface area contributed by atoms with E-state index in [0.717, 1.165) is 5.75 Å². The summed E-state index contributed by atoms with van der Waals surface area (Å²) in [4.78, 5) is 14.1. The molecule has 1 atom stereocenters. The van der Waals surface area contributed by atoms with E-state index in [1.54, 1.807) is 0 Å². The Bertz CT molecular complexity index is 585. The predicted octanol–water partition coefficient (Wildman–Crippen LogP) is 2.87. The number of ether oxygens (including phenoxy) is 1. The Kier molecular flexibility index (Phi) is 6.63. The molecule has 2 aromatic rings. The molecule has 1 unspecified atom stereocenters. The lowest BCUT2D eigenvalue weighted by atomic mass is 10.1. The first-order chi connectivity index (χ1) is 11.2. The highest BCUT2D eigenvalue weighted by molar-refractivity contribution is 5.76. The summed E-state index contributed by atoms with van der Waals surface area (Å²) in [7, 11) is 4.03. The number of carbonyl (C=O) groups excluding carboxylic acids is 1. The van der Waals surface area contributed by atoms with Crippen LogP contribution in [0, 0.1) is 0 Å². The van der Waals surface area contributed by atoms with Crippen LogP contribution in [0.2, 0.25) is 0 Å². The smallest absolute Gasteiger partial charge is 0.223 e. The minimum atomic E-state index is 0.00344. The van der Waals surface area contributed by atoms with Crippen molar-refractivity contribution in [2.24, 2.45) is 0 Å². The fourth-order valence-corrected chi connectivity index (χ4v) is 2.35. The average molecular weight is 312 g/mol. The Labute approximate surface area is 138 Å². The van der Waals surface area contributed by atoms with Crippen LogP contribution in [0.3, 0.4) is 0 Å². The fourth-order valence-electron chi connectivity index (χ4n) is 2.35. The molecule has 0 aliphatic rings. The van der Waals surface area contributed by atoms with Gasteiger partial charge in [-0.2, -0.15) is 0 Å². The second kappa shape index (κ2) is 8.96. The Morgan fingerprint density at radius 1 is 1.04 bits per heavy atom. The van der Waals surface area contributed by atoms with Gasteiger partial charge in [0.25, 0.3) is 0 Å². The van der Waals surface area contributed by atoms with Gasteiger partial charge in [-0.05, 0) is 31.8 Å². The summed E-state index contributed by atoms with van der Waals surface area (Å²) in [6.07, 6.45) is 0.351. The Balaban J connectivity index is 1.76. The lowest BCUT2D eigenvalue weighted by Gasteiger charge is -2.25. The number of para-hydroxylation sites is 1. The van der Waals surface area contributed by atoms with Crippen LogP contribution in [0.15, 0.2) is 60.7 Å². The normalized spacial score (nSPS) is 12.0. The van der Waals surface area contributed by atoms with Gasteiger partial charge in [0.05, 0.1) is 19.1 Å².